The molecule has 0 saturated carbocycles. The molecule has 2 aromatic carbocycles. The fourth-order valence-corrected chi connectivity index (χ4v) is 4.97. The second-order valence-electron chi connectivity index (χ2n) is 8.64. The molecule has 1 fully saturated rings. The monoisotopic (exact) mass is 522 g/mol. The zero-order chi connectivity index (χ0) is 25.8. The van der Waals surface area contributed by atoms with Gasteiger partial charge in [0.05, 0.1) is 29.4 Å². The molecule has 12 heteroatoms. The number of carbonyl (C=O) groups excluding carboxylic acids is 1. The Morgan fingerprint density at radius 1 is 1.11 bits per heavy atom. The van der Waals surface area contributed by atoms with Crippen LogP contribution in [-0.4, -0.2) is 53.7 Å². The number of anilines is 2. The SMILES string of the molecule is O=C(NCc1ccccn1)Nc1nc2ccc(OS(=O)(=O)c3ccc(N4CCC(O)CC4)cc3)cc2[nH]1. The van der Waals surface area contributed by atoms with Crippen LogP contribution in [0.4, 0.5) is 16.4 Å². The third-order valence-corrected chi connectivity index (χ3v) is 7.26. The Morgan fingerprint density at radius 2 is 1.89 bits per heavy atom. The molecule has 0 spiro atoms. The van der Waals surface area contributed by atoms with Gasteiger partial charge in [-0.25, -0.2) is 9.78 Å². The number of hydrogen-bond donors (Lipinski definition) is 4. The molecule has 1 aliphatic rings. The third kappa shape index (κ3) is 5.98. The number of nitrogens with one attached hydrogen (secondary N) is 3. The molecule has 0 unspecified atom stereocenters. The van der Waals surface area contributed by atoms with Crippen molar-refractivity contribution < 1.29 is 22.5 Å². The van der Waals surface area contributed by atoms with Gasteiger partial charge in [0.1, 0.15) is 10.6 Å². The van der Waals surface area contributed by atoms with Crippen molar-refractivity contribution >= 4 is 38.8 Å². The molecular weight excluding hydrogens is 496 g/mol. The summed E-state index contributed by atoms with van der Waals surface area (Å²) in [5.74, 6) is 0.311. The zero-order valence-electron chi connectivity index (χ0n) is 19.8. The standard InChI is InChI=1S/C25H26N6O5S/c32-19-10-13-31(14-11-19)18-4-7-21(8-5-18)37(34,35)36-20-6-9-22-23(15-20)29-24(28-22)30-25(33)27-16-17-3-1-2-12-26-17/h1-9,12,15,19,32H,10-11,13-14,16H2,(H3,27,28,29,30,33). The number of urea groups is 1. The number of aliphatic hydroxyl groups is 1. The van der Waals surface area contributed by atoms with Gasteiger partial charge in [0.15, 0.2) is 0 Å². The molecular formula is C25H26N6O5S. The summed E-state index contributed by atoms with van der Waals surface area (Å²) in [6.45, 7) is 1.69. The lowest BCUT2D eigenvalue weighted by molar-refractivity contribution is 0.145. The lowest BCUT2D eigenvalue weighted by Gasteiger charge is -2.31. The van der Waals surface area contributed by atoms with E-state index in [2.05, 4.69) is 30.5 Å². The van der Waals surface area contributed by atoms with E-state index in [1.165, 1.54) is 24.3 Å². The molecule has 192 valence electrons. The molecule has 37 heavy (non-hydrogen) atoms. The van der Waals surface area contributed by atoms with Crippen LogP contribution in [0.1, 0.15) is 18.5 Å². The molecule has 0 radical (unpaired) electrons. The maximum Gasteiger partial charge on any atom is 0.339 e. The van der Waals surface area contributed by atoms with Gasteiger partial charge >= 0.3 is 16.1 Å². The van der Waals surface area contributed by atoms with Crippen LogP contribution >= 0.6 is 0 Å². The summed E-state index contributed by atoms with van der Waals surface area (Å²) < 4.78 is 31.0. The van der Waals surface area contributed by atoms with Crippen molar-refractivity contribution in [1.82, 2.24) is 20.3 Å². The number of H-pyrrole nitrogens is 1. The summed E-state index contributed by atoms with van der Waals surface area (Å²) in [7, 11) is -4.06. The van der Waals surface area contributed by atoms with Crippen LogP contribution in [0.5, 0.6) is 5.75 Å². The largest absolute Gasteiger partial charge is 0.393 e. The Bertz CT molecular complexity index is 1480. The summed E-state index contributed by atoms with van der Waals surface area (Å²) >= 11 is 0. The van der Waals surface area contributed by atoms with Gasteiger partial charge in [-0.1, -0.05) is 6.07 Å². The number of hydrogen-bond acceptors (Lipinski definition) is 8. The van der Waals surface area contributed by atoms with E-state index >= 15 is 0 Å². The number of amides is 2. The van der Waals surface area contributed by atoms with E-state index < -0.39 is 16.1 Å². The molecule has 1 saturated heterocycles. The Labute approximate surface area is 213 Å². The number of imidazole rings is 1. The summed E-state index contributed by atoms with van der Waals surface area (Å²) in [6.07, 6.45) is 2.74. The van der Waals surface area contributed by atoms with Crippen molar-refractivity contribution in [1.29, 1.82) is 0 Å². The Balaban J connectivity index is 1.22. The fraction of sp³-hybridized carbons (Fsp3) is 0.240. The molecule has 0 aliphatic carbocycles. The number of pyridine rings is 1. The average Bonchev–Trinajstić information content (AvgIpc) is 3.30. The maximum atomic E-state index is 12.8. The minimum Gasteiger partial charge on any atom is -0.393 e. The predicted octanol–water partition coefficient (Wildman–Crippen LogP) is 3.01. The quantitative estimate of drug-likeness (QED) is 0.271. The molecule has 2 amide bonds. The van der Waals surface area contributed by atoms with Crippen molar-refractivity contribution in [2.45, 2.75) is 30.4 Å². The Hall–Kier alpha value is -4.16. The Morgan fingerprint density at radius 3 is 2.62 bits per heavy atom. The van der Waals surface area contributed by atoms with Gasteiger partial charge in [-0.05, 0) is 61.4 Å². The van der Waals surface area contributed by atoms with Crippen molar-refractivity contribution in [3.05, 3.63) is 72.6 Å². The van der Waals surface area contributed by atoms with E-state index in [-0.39, 0.29) is 29.2 Å². The van der Waals surface area contributed by atoms with Crippen LogP contribution in [0.2, 0.25) is 0 Å². The van der Waals surface area contributed by atoms with Crippen LogP contribution in [0.15, 0.2) is 71.8 Å². The highest BCUT2D eigenvalue weighted by Crippen LogP contribution is 2.26. The number of benzene rings is 2. The van der Waals surface area contributed by atoms with Crippen LogP contribution in [-0.2, 0) is 16.7 Å². The fourth-order valence-electron chi connectivity index (χ4n) is 4.05. The number of aliphatic hydroxyl groups excluding tert-OH is 1. The summed E-state index contributed by atoms with van der Waals surface area (Å²) in [4.78, 5) is 25.7. The first-order chi connectivity index (χ1) is 17.9. The summed E-state index contributed by atoms with van der Waals surface area (Å²) in [5, 5.41) is 15.0. The topological polar surface area (TPSA) is 150 Å². The predicted molar refractivity (Wildman–Crippen MR) is 138 cm³/mol. The third-order valence-electron chi connectivity index (χ3n) is 6.00. The van der Waals surface area contributed by atoms with Gasteiger partial charge in [0.2, 0.25) is 5.95 Å². The highest BCUT2D eigenvalue weighted by atomic mass is 32.2. The van der Waals surface area contributed by atoms with E-state index in [1.54, 1.807) is 36.5 Å². The number of fused-ring (bicyclic) bond motifs is 1. The van der Waals surface area contributed by atoms with E-state index in [0.717, 1.165) is 18.8 Å². The van der Waals surface area contributed by atoms with E-state index in [1.807, 2.05) is 6.07 Å². The lowest BCUT2D eigenvalue weighted by atomic mass is 10.1. The molecule has 5 rings (SSSR count). The van der Waals surface area contributed by atoms with Crippen molar-refractivity contribution in [2.24, 2.45) is 0 Å². The smallest absolute Gasteiger partial charge is 0.339 e. The number of carbonyl (C=O) groups is 1. The molecule has 3 heterocycles. The van der Waals surface area contributed by atoms with Gasteiger partial charge in [-0.3, -0.25) is 10.3 Å². The van der Waals surface area contributed by atoms with Crippen molar-refractivity contribution in [3.8, 4) is 5.75 Å². The molecule has 1 aliphatic heterocycles. The van der Waals surface area contributed by atoms with Gasteiger partial charge in [-0.15, -0.1) is 0 Å². The lowest BCUT2D eigenvalue weighted by Crippen LogP contribution is -2.35. The van der Waals surface area contributed by atoms with Gasteiger partial charge in [0.25, 0.3) is 0 Å². The molecule has 4 aromatic rings. The number of nitrogens with zero attached hydrogens (tertiary/aromatic N) is 3. The maximum absolute atomic E-state index is 12.8. The van der Waals surface area contributed by atoms with Gasteiger partial charge < -0.3 is 24.5 Å². The molecule has 4 N–H and O–H groups in total. The normalized spacial score (nSPS) is 14.5. The first kappa shape index (κ1) is 24.5. The van der Waals surface area contributed by atoms with Gasteiger partial charge in [0, 0.05) is 31.0 Å². The number of rotatable bonds is 7. The second-order valence-corrected chi connectivity index (χ2v) is 10.2. The first-order valence-corrected chi connectivity index (χ1v) is 13.2. The molecule has 0 atom stereocenters. The second kappa shape index (κ2) is 10.4. The van der Waals surface area contributed by atoms with Gasteiger partial charge in [-0.2, -0.15) is 8.42 Å². The molecule has 2 aromatic heterocycles. The number of aromatic amines is 1. The molecule has 11 nitrogen and oxygen atoms in total. The van der Waals surface area contributed by atoms with Crippen LogP contribution in [0.25, 0.3) is 11.0 Å². The Kier molecular flexibility index (Phi) is 6.93. The van der Waals surface area contributed by atoms with Crippen molar-refractivity contribution in [2.75, 3.05) is 23.3 Å². The zero-order valence-corrected chi connectivity index (χ0v) is 20.6. The summed E-state index contributed by atoms with van der Waals surface area (Å²) in [5.41, 5.74) is 2.64. The molecule has 0 bridgehead atoms. The van der Waals surface area contributed by atoms with Crippen LogP contribution < -0.4 is 19.7 Å². The van der Waals surface area contributed by atoms with Crippen molar-refractivity contribution in [3.63, 3.8) is 0 Å². The number of aromatic nitrogens is 3. The minimum absolute atomic E-state index is 0.0323. The minimum atomic E-state index is -4.06. The summed E-state index contributed by atoms with van der Waals surface area (Å²) in [6, 6.07) is 16.1. The van der Waals surface area contributed by atoms with E-state index in [4.69, 9.17) is 4.18 Å². The van der Waals surface area contributed by atoms with E-state index in [0.29, 0.717) is 29.6 Å². The highest BCUT2D eigenvalue weighted by molar-refractivity contribution is 7.87. The first-order valence-electron chi connectivity index (χ1n) is 11.8. The van der Waals surface area contributed by atoms with Crippen LogP contribution in [0, 0.1) is 0 Å². The average molecular weight is 523 g/mol. The van der Waals surface area contributed by atoms with E-state index in [9.17, 15) is 18.3 Å². The highest BCUT2D eigenvalue weighted by Gasteiger charge is 2.20. The number of piperidine rings is 1. The van der Waals surface area contributed by atoms with Crippen LogP contribution in [0.3, 0.4) is 0 Å².